The first-order chi connectivity index (χ1) is 9.24. The van der Waals surface area contributed by atoms with E-state index in [0.717, 1.165) is 23.3 Å². The van der Waals surface area contributed by atoms with E-state index in [1.807, 2.05) is 35.3 Å². The summed E-state index contributed by atoms with van der Waals surface area (Å²) in [6.07, 6.45) is 4.74. The van der Waals surface area contributed by atoms with Crippen molar-refractivity contribution in [1.82, 2.24) is 9.78 Å². The molecular formula is C14H19Cl2N3O. The molecule has 0 atom stereocenters. The summed E-state index contributed by atoms with van der Waals surface area (Å²) in [7, 11) is 0. The SMILES string of the molecule is CCCOc1ccc(-c2cnn(CCN)c2)cc1Cl.Cl. The standard InChI is InChI=1S/C14H18ClN3O.ClH/c1-2-7-19-14-4-3-11(8-13(14)15)12-9-17-18(10-12)6-5-16;/h3-4,8-10H,2,5-7,16H2,1H3;1H. The zero-order valence-electron chi connectivity index (χ0n) is 11.4. The lowest BCUT2D eigenvalue weighted by Gasteiger charge is -2.07. The van der Waals surface area contributed by atoms with Gasteiger partial charge in [-0.2, -0.15) is 5.10 Å². The van der Waals surface area contributed by atoms with Gasteiger partial charge in [0.25, 0.3) is 0 Å². The minimum absolute atomic E-state index is 0. The van der Waals surface area contributed by atoms with E-state index < -0.39 is 0 Å². The Bertz CT molecular complexity index is 543. The highest BCUT2D eigenvalue weighted by atomic mass is 35.5. The van der Waals surface area contributed by atoms with Crippen LogP contribution in [0.15, 0.2) is 30.6 Å². The molecule has 1 heterocycles. The lowest BCUT2D eigenvalue weighted by molar-refractivity contribution is 0.317. The van der Waals surface area contributed by atoms with Crippen LogP contribution in [0.3, 0.4) is 0 Å². The van der Waals surface area contributed by atoms with Crippen molar-refractivity contribution in [2.45, 2.75) is 19.9 Å². The van der Waals surface area contributed by atoms with Crippen molar-refractivity contribution in [3.63, 3.8) is 0 Å². The van der Waals surface area contributed by atoms with Gasteiger partial charge in [0.1, 0.15) is 5.75 Å². The summed E-state index contributed by atoms with van der Waals surface area (Å²) in [6, 6.07) is 5.78. The molecule has 0 saturated carbocycles. The molecule has 0 unspecified atom stereocenters. The second-order valence-electron chi connectivity index (χ2n) is 4.27. The second kappa shape index (κ2) is 8.15. The van der Waals surface area contributed by atoms with Gasteiger partial charge in [0, 0.05) is 18.3 Å². The average molecular weight is 316 g/mol. The van der Waals surface area contributed by atoms with Crippen molar-refractivity contribution < 1.29 is 4.74 Å². The van der Waals surface area contributed by atoms with Crippen LogP contribution >= 0.6 is 24.0 Å². The van der Waals surface area contributed by atoms with E-state index in [9.17, 15) is 0 Å². The third-order valence-electron chi connectivity index (χ3n) is 2.72. The van der Waals surface area contributed by atoms with Gasteiger partial charge in [0.15, 0.2) is 0 Å². The first-order valence-electron chi connectivity index (χ1n) is 6.40. The molecule has 2 aromatic rings. The van der Waals surface area contributed by atoms with Crippen LogP contribution in [-0.4, -0.2) is 22.9 Å². The maximum absolute atomic E-state index is 6.21. The summed E-state index contributed by atoms with van der Waals surface area (Å²) in [5, 5.41) is 4.87. The third-order valence-corrected chi connectivity index (χ3v) is 3.01. The molecule has 20 heavy (non-hydrogen) atoms. The van der Waals surface area contributed by atoms with Crippen LogP contribution in [0.4, 0.5) is 0 Å². The largest absolute Gasteiger partial charge is 0.492 e. The maximum Gasteiger partial charge on any atom is 0.137 e. The van der Waals surface area contributed by atoms with Crippen LogP contribution in [0.5, 0.6) is 5.75 Å². The molecule has 2 rings (SSSR count). The fourth-order valence-electron chi connectivity index (χ4n) is 1.78. The molecule has 0 aliphatic heterocycles. The Morgan fingerprint density at radius 3 is 2.80 bits per heavy atom. The lowest BCUT2D eigenvalue weighted by Crippen LogP contribution is -2.09. The molecule has 0 spiro atoms. The molecule has 110 valence electrons. The summed E-state index contributed by atoms with van der Waals surface area (Å²) in [5.41, 5.74) is 7.55. The number of nitrogens with two attached hydrogens (primary N) is 1. The van der Waals surface area contributed by atoms with E-state index in [0.29, 0.717) is 24.7 Å². The maximum atomic E-state index is 6.21. The zero-order chi connectivity index (χ0) is 13.7. The molecule has 1 aromatic carbocycles. The molecular weight excluding hydrogens is 297 g/mol. The summed E-state index contributed by atoms with van der Waals surface area (Å²) in [5.74, 6) is 0.724. The van der Waals surface area contributed by atoms with Crippen molar-refractivity contribution in [1.29, 1.82) is 0 Å². The summed E-state index contributed by atoms with van der Waals surface area (Å²) in [4.78, 5) is 0. The third kappa shape index (κ3) is 4.13. The van der Waals surface area contributed by atoms with E-state index in [-0.39, 0.29) is 12.4 Å². The summed E-state index contributed by atoms with van der Waals surface area (Å²) in [6.45, 7) is 4.03. The quantitative estimate of drug-likeness (QED) is 0.889. The predicted octanol–water partition coefficient (Wildman–Crippen LogP) is 3.37. The van der Waals surface area contributed by atoms with Gasteiger partial charge in [-0.1, -0.05) is 24.6 Å². The number of aromatic nitrogens is 2. The molecule has 6 heteroatoms. The Morgan fingerprint density at radius 2 is 2.15 bits per heavy atom. The van der Waals surface area contributed by atoms with Gasteiger partial charge in [-0.05, 0) is 24.1 Å². The van der Waals surface area contributed by atoms with Crippen molar-refractivity contribution in [3.8, 4) is 16.9 Å². The van der Waals surface area contributed by atoms with Gasteiger partial charge < -0.3 is 10.5 Å². The van der Waals surface area contributed by atoms with E-state index in [2.05, 4.69) is 12.0 Å². The average Bonchev–Trinajstić information content (AvgIpc) is 2.86. The van der Waals surface area contributed by atoms with E-state index in [4.69, 9.17) is 22.1 Å². The van der Waals surface area contributed by atoms with Crippen LogP contribution < -0.4 is 10.5 Å². The number of hydrogen-bond donors (Lipinski definition) is 1. The number of benzene rings is 1. The summed E-state index contributed by atoms with van der Waals surface area (Å²) >= 11 is 6.21. The van der Waals surface area contributed by atoms with Crippen LogP contribution in [0.25, 0.3) is 11.1 Å². The Morgan fingerprint density at radius 1 is 1.35 bits per heavy atom. The Balaban J connectivity index is 0.00000200. The first-order valence-corrected chi connectivity index (χ1v) is 6.77. The molecule has 0 aliphatic rings. The van der Waals surface area contributed by atoms with Crippen LogP contribution in [0.1, 0.15) is 13.3 Å². The summed E-state index contributed by atoms with van der Waals surface area (Å²) < 4.78 is 7.38. The van der Waals surface area contributed by atoms with Gasteiger partial charge in [0.05, 0.1) is 24.4 Å². The molecule has 0 radical (unpaired) electrons. The number of halogens is 2. The Labute approximate surface area is 130 Å². The highest BCUT2D eigenvalue weighted by molar-refractivity contribution is 6.32. The van der Waals surface area contributed by atoms with Gasteiger partial charge in [-0.15, -0.1) is 12.4 Å². The highest BCUT2D eigenvalue weighted by Crippen LogP contribution is 2.30. The molecule has 2 N–H and O–H groups in total. The van der Waals surface area contributed by atoms with Crippen molar-refractivity contribution in [3.05, 3.63) is 35.6 Å². The fourth-order valence-corrected chi connectivity index (χ4v) is 2.01. The molecule has 0 aliphatic carbocycles. The van der Waals surface area contributed by atoms with Crippen molar-refractivity contribution in [2.24, 2.45) is 5.73 Å². The van der Waals surface area contributed by atoms with Crippen LogP contribution in [0, 0.1) is 0 Å². The fraction of sp³-hybridized carbons (Fsp3) is 0.357. The monoisotopic (exact) mass is 315 g/mol. The number of ether oxygens (including phenoxy) is 1. The van der Waals surface area contributed by atoms with E-state index in [1.54, 1.807) is 0 Å². The first kappa shape index (κ1) is 16.8. The van der Waals surface area contributed by atoms with Gasteiger partial charge >= 0.3 is 0 Å². The molecule has 0 bridgehead atoms. The molecule has 1 aromatic heterocycles. The number of rotatable bonds is 6. The zero-order valence-corrected chi connectivity index (χ0v) is 13.0. The van der Waals surface area contributed by atoms with Crippen LogP contribution in [0.2, 0.25) is 5.02 Å². The Hall–Kier alpha value is -1.23. The van der Waals surface area contributed by atoms with Gasteiger partial charge in [-0.3, -0.25) is 4.68 Å². The number of nitrogens with zero attached hydrogens (tertiary/aromatic N) is 2. The normalized spacial score (nSPS) is 10.2. The van der Waals surface area contributed by atoms with Crippen molar-refractivity contribution in [2.75, 3.05) is 13.2 Å². The van der Waals surface area contributed by atoms with Crippen LogP contribution in [-0.2, 0) is 6.54 Å². The second-order valence-corrected chi connectivity index (χ2v) is 4.68. The lowest BCUT2D eigenvalue weighted by atomic mass is 10.1. The number of hydrogen-bond acceptors (Lipinski definition) is 3. The predicted molar refractivity (Wildman–Crippen MR) is 84.8 cm³/mol. The van der Waals surface area contributed by atoms with Gasteiger partial charge in [-0.25, -0.2) is 0 Å². The molecule has 0 fully saturated rings. The molecule has 0 amide bonds. The Kier molecular flexibility index (Phi) is 6.85. The van der Waals surface area contributed by atoms with Gasteiger partial charge in [0.2, 0.25) is 0 Å². The topological polar surface area (TPSA) is 53.1 Å². The van der Waals surface area contributed by atoms with E-state index in [1.165, 1.54) is 0 Å². The highest BCUT2D eigenvalue weighted by Gasteiger charge is 2.06. The molecule has 4 nitrogen and oxygen atoms in total. The minimum Gasteiger partial charge on any atom is -0.492 e. The van der Waals surface area contributed by atoms with Crippen molar-refractivity contribution >= 4 is 24.0 Å². The van der Waals surface area contributed by atoms with E-state index >= 15 is 0 Å². The minimum atomic E-state index is 0. The molecule has 0 saturated heterocycles. The smallest absolute Gasteiger partial charge is 0.137 e.